The minimum Gasteiger partial charge on any atom is -0.458 e. The van der Waals surface area contributed by atoms with Gasteiger partial charge in [-0.3, -0.25) is 33.6 Å². The zero-order valence-corrected chi connectivity index (χ0v) is 24.8. The predicted octanol–water partition coefficient (Wildman–Crippen LogP) is 2.96. The van der Waals surface area contributed by atoms with Crippen molar-refractivity contribution in [2.45, 2.75) is 106 Å². The second kappa shape index (κ2) is 9.05. The first-order chi connectivity index (χ1) is 18.2. The van der Waals surface area contributed by atoms with E-state index in [1.165, 1.54) is 34.6 Å². The molecule has 10 heteroatoms. The van der Waals surface area contributed by atoms with Crippen LogP contribution in [-0.4, -0.2) is 58.8 Å². The van der Waals surface area contributed by atoms with Gasteiger partial charge >= 0.3 is 17.9 Å². The summed E-state index contributed by atoms with van der Waals surface area (Å²) in [5, 5.41) is 0. The summed E-state index contributed by atoms with van der Waals surface area (Å²) in [7, 11) is 0. The van der Waals surface area contributed by atoms with Crippen molar-refractivity contribution in [3.63, 3.8) is 0 Å². The van der Waals surface area contributed by atoms with Crippen LogP contribution in [-0.2, 0) is 47.8 Å². The van der Waals surface area contributed by atoms with E-state index in [2.05, 4.69) is 0 Å². The van der Waals surface area contributed by atoms with Crippen LogP contribution >= 0.6 is 0 Å². The minimum absolute atomic E-state index is 0.0506. The molecule has 4 aliphatic rings. The first-order valence-electron chi connectivity index (χ1n) is 14.0. The van der Waals surface area contributed by atoms with Crippen molar-refractivity contribution < 1.29 is 47.8 Å². The Kier molecular flexibility index (Phi) is 6.80. The average Bonchev–Trinajstić information content (AvgIpc) is 2.83. The van der Waals surface area contributed by atoms with Crippen LogP contribution in [0.4, 0.5) is 0 Å². The molecule has 40 heavy (non-hydrogen) atoms. The Balaban J connectivity index is 2.04. The van der Waals surface area contributed by atoms with Crippen molar-refractivity contribution in [2.75, 3.05) is 0 Å². The topological polar surface area (TPSA) is 147 Å². The third-order valence-electron chi connectivity index (χ3n) is 10.9. The second-order valence-electron chi connectivity index (χ2n) is 13.5. The van der Waals surface area contributed by atoms with Gasteiger partial charge in [-0.05, 0) is 31.6 Å². The van der Waals surface area contributed by atoms with Gasteiger partial charge in [-0.1, -0.05) is 34.6 Å². The predicted molar refractivity (Wildman–Crippen MR) is 138 cm³/mol. The number of rotatable bonds is 4. The maximum absolute atomic E-state index is 14.1. The molecule has 0 radical (unpaired) electrons. The minimum atomic E-state index is -2.14. The fourth-order valence-corrected chi connectivity index (χ4v) is 9.24. The summed E-state index contributed by atoms with van der Waals surface area (Å²) < 4.78 is 17.4. The van der Waals surface area contributed by atoms with Gasteiger partial charge in [0.2, 0.25) is 5.60 Å². The molecule has 220 valence electrons. The Hall–Kier alpha value is -2.91. The van der Waals surface area contributed by atoms with Gasteiger partial charge < -0.3 is 14.2 Å². The molecular formula is C30H40O10. The number of carbonyl (C=O) groups excluding carboxylic acids is 7. The monoisotopic (exact) mass is 560 g/mol. The van der Waals surface area contributed by atoms with E-state index >= 15 is 0 Å². The van der Waals surface area contributed by atoms with Gasteiger partial charge in [0.15, 0.2) is 11.6 Å². The largest absolute Gasteiger partial charge is 0.458 e. The van der Waals surface area contributed by atoms with Crippen LogP contribution in [0.2, 0.25) is 0 Å². The van der Waals surface area contributed by atoms with E-state index in [9.17, 15) is 33.6 Å². The molecule has 3 saturated carbocycles. The molecule has 9 atom stereocenters. The number of fused-ring (bicyclic) bond motifs is 5. The summed E-state index contributed by atoms with van der Waals surface area (Å²) in [5.41, 5.74) is -7.38. The van der Waals surface area contributed by atoms with Crippen LogP contribution in [0.15, 0.2) is 0 Å². The standard InChI is InChI=1S/C30H40O10/c1-10-17(33)30(9)25(37)29(8)19(35)13-16-27(6)12-11-18(34)26(4,5)21(27)20(38-14(2)31)23(39-15(3)32)28(16,7)22(29)24(36)40-30/h16,20-23H,10-13H2,1-9H3/t16-,20-,21+,22+,23+,27-,28-,29+,30+/m1/s1. The maximum Gasteiger partial charge on any atom is 0.312 e. The zero-order chi connectivity index (χ0) is 30.4. The lowest BCUT2D eigenvalue weighted by atomic mass is 9.34. The number of ketones is 4. The molecule has 0 N–H and O–H groups in total. The molecule has 3 aliphatic carbocycles. The number of hydrogen-bond acceptors (Lipinski definition) is 10. The summed E-state index contributed by atoms with van der Waals surface area (Å²) >= 11 is 0. The first-order valence-corrected chi connectivity index (χ1v) is 14.0. The molecule has 10 nitrogen and oxygen atoms in total. The Morgan fingerprint density at radius 1 is 0.900 bits per heavy atom. The molecular weight excluding hydrogens is 520 g/mol. The van der Waals surface area contributed by atoms with Gasteiger partial charge in [0.1, 0.15) is 29.2 Å². The third-order valence-corrected chi connectivity index (χ3v) is 10.9. The molecule has 1 aliphatic heterocycles. The van der Waals surface area contributed by atoms with Crippen molar-refractivity contribution in [1.82, 2.24) is 0 Å². The first kappa shape index (κ1) is 30.1. The number of ether oxygens (including phenoxy) is 3. The van der Waals surface area contributed by atoms with Crippen LogP contribution in [0.25, 0.3) is 0 Å². The molecule has 0 aromatic heterocycles. The van der Waals surface area contributed by atoms with Crippen LogP contribution in [0.3, 0.4) is 0 Å². The molecule has 0 aromatic rings. The van der Waals surface area contributed by atoms with E-state index in [4.69, 9.17) is 14.2 Å². The van der Waals surface area contributed by atoms with E-state index in [1.807, 2.05) is 6.92 Å². The maximum atomic E-state index is 14.1. The fraction of sp³-hybridized carbons (Fsp3) is 0.767. The SMILES string of the molecule is CCC(=O)[C@]1(C)OC(=O)[C@@H]2[C@](C)(C(=O)C[C@@H]3[C@@]4(C)CCC(=O)C(C)(C)[C@@H]4[C@@H](OC(C)=O)[C@H](OC(C)=O)[C@@]23C)C1=O. The van der Waals surface area contributed by atoms with Gasteiger partial charge in [-0.25, -0.2) is 0 Å². The smallest absolute Gasteiger partial charge is 0.312 e. The van der Waals surface area contributed by atoms with Crippen molar-refractivity contribution in [3.8, 4) is 0 Å². The number of esters is 3. The van der Waals surface area contributed by atoms with Gasteiger partial charge in [0, 0.05) is 49.9 Å². The van der Waals surface area contributed by atoms with Crippen LogP contribution in [0, 0.1) is 39.4 Å². The van der Waals surface area contributed by atoms with E-state index < -0.39 is 92.5 Å². The molecule has 0 amide bonds. The highest BCUT2D eigenvalue weighted by molar-refractivity contribution is 6.24. The Bertz CT molecular complexity index is 1230. The zero-order valence-electron chi connectivity index (χ0n) is 24.8. The highest BCUT2D eigenvalue weighted by atomic mass is 16.6. The highest BCUT2D eigenvalue weighted by Crippen LogP contribution is 2.71. The quantitative estimate of drug-likeness (QED) is 0.285. The van der Waals surface area contributed by atoms with Crippen molar-refractivity contribution in [1.29, 1.82) is 0 Å². The van der Waals surface area contributed by atoms with E-state index in [1.54, 1.807) is 20.8 Å². The van der Waals surface area contributed by atoms with E-state index in [0.717, 1.165) is 0 Å². The summed E-state index contributed by atoms with van der Waals surface area (Å²) in [6.45, 7) is 13.7. The van der Waals surface area contributed by atoms with Gasteiger partial charge in [-0.2, -0.15) is 0 Å². The Morgan fingerprint density at radius 2 is 1.48 bits per heavy atom. The molecule has 0 aromatic carbocycles. The summed E-state index contributed by atoms with van der Waals surface area (Å²) in [4.78, 5) is 93.5. The van der Waals surface area contributed by atoms with Crippen LogP contribution in [0.5, 0.6) is 0 Å². The summed E-state index contributed by atoms with van der Waals surface area (Å²) in [5.74, 6) is -7.02. The molecule has 0 bridgehead atoms. The molecule has 1 heterocycles. The number of Topliss-reactive ketones (excluding diaryl/α,β-unsaturated/α-hetero) is 4. The highest BCUT2D eigenvalue weighted by Gasteiger charge is 2.80. The van der Waals surface area contributed by atoms with Gasteiger partial charge in [-0.15, -0.1) is 0 Å². The number of cyclic esters (lactones) is 1. The van der Waals surface area contributed by atoms with Crippen molar-refractivity contribution in [2.24, 2.45) is 39.4 Å². The van der Waals surface area contributed by atoms with E-state index in [0.29, 0.717) is 6.42 Å². The Morgan fingerprint density at radius 3 is 2.00 bits per heavy atom. The summed E-state index contributed by atoms with van der Waals surface area (Å²) in [6, 6.07) is 0. The third kappa shape index (κ3) is 3.62. The van der Waals surface area contributed by atoms with Crippen molar-refractivity contribution >= 4 is 41.0 Å². The summed E-state index contributed by atoms with van der Waals surface area (Å²) in [6.07, 6.45) is -2.13. The van der Waals surface area contributed by atoms with Gasteiger partial charge in [0.25, 0.3) is 0 Å². The van der Waals surface area contributed by atoms with Crippen molar-refractivity contribution in [3.05, 3.63) is 0 Å². The normalized spacial score (nSPS) is 44.0. The average molecular weight is 561 g/mol. The molecule has 0 spiro atoms. The molecule has 1 saturated heterocycles. The van der Waals surface area contributed by atoms with Crippen LogP contribution in [0.1, 0.15) is 88.0 Å². The molecule has 4 fully saturated rings. The second-order valence-corrected chi connectivity index (χ2v) is 13.5. The van der Waals surface area contributed by atoms with E-state index in [-0.39, 0.29) is 25.0 Å². The number of hydrogen-bond donors (Lipinski definition) is 0. The lowest BCUT2D eigenvalue weighted by Crippen LogP contribution is -2.78. The lowest BCUT2D eigenvalue weighted by Gasteiger charge is -2.70. The molecule has 0 unspecified atom stereocenters. The fourth-order valence-electron chi connectivity index (χ4n) is 9.24. The number of carbonyl (C=O) groups is 7. The molecule has 4 rings (SSSR count). The lowest BCUT2D eigenvalue weighted by molar-refractivity contribution is -0.281. The van der Waals surface area contributed by atoms with Crippen LogP contribution < -0.4 is 0 Å². The van der Waals surface area contributed by atoms with Gasteiger partial charge in [0.05, 0.1) is 5.92 Å². The Labute approximate surface area is 234 Å².